The Labute approximate surface area is 129 Å². The van der Waals surface area contributed by atoms with Gasteiger partial charge in [0.25, 0.3) is 0 Å². The lowest BCUT2D eigenvalue weighted by molar-refractivity contribution is 0.112. The minimum Gasteiger partial charge on any atom is -0.380 e. The molecule has 1 unspecified atom stereocenters. The summed E-state index contributed by atoms with van der Waals surface area (Å²) in [7, 11) is 0. The molecule has 0 saturated carbocycles. The fourth-order valence-corrected chi connectivity index (χ4v) is 3.03. The molecule has 3 heterocycles. The van der Waals surface area contributed by atoms with Gasteiger partial charge in [0.2, 0.25) is 0 Å². The predicted octanol–water partition coefficient (Wildman–Crippen LogP) is 2.82. The van der Waals surface area contributed by atoms with Gasteiger partial charge in [0.15, 0.2) is 0 Å². The Kier molecular flexibility index (Phi) is 3.27. The molecule has 112 valence electrons. The molecule has 1 aromatic carbocycles. The van der Waals surface area contributed by atoms with Crippen LogP contribution in [0.3, 0.4) is 0 Å². The largest absolute Gasteiger partial charge is 0.380 e. The van der Waals surface area contributed by atoms with Crippen molar-refractivity contribution >= 4 is 16.5 Å². The van der Waals surface area contributed by atoms with Gasteiger partial charge in [-0.25, -0.2) is 0 Å². The van der Waals surface area contributed by atoms with E-state index in [1.165, 1.54) is 22.0 Å². The highest BCUT2D eigenvalue weighted by Crippen LogP contribution is 2.27. The fourth-order valence-electron chi connectivity index (χ4n) is 3.03. The first-order valence-corrected chi connectivity index (χ1v) is 7.62. The van der Waals surface area contributed by atoms with Gasteiger partial charge >= 0.3 is 0 Å². The molecule has 0 amide bonds. The maximum absolute atomic E-state index is 4.15. The lowest BCUT2D eigenvalue weighted by Crippen LogP contribution is -2.55. The Morgan fingerprint density at radius 1 is 1.23 bits per heavy atom. The molecule has 22 heavy (non-hydrogen) atoms. The van der Waals surface area contributed by atoms with Gasteiger partial charge in [-0.05, 0) is 30.5 Å². The topological polar surface area (TPSA) is 56.8 Å². The van der Waals surface area contributed by atoms with Crippen LogP contribution in [0.2, 0.25) is 0 Å². The second-order valence-corrected chi connectivity index (χ2v) is 5.94. The minimum atomic E-state index is 0.416. The summed E-state index contributed by atoms with van der Waals surface area (Å²) in [5.74, 6) is 0. The lowest BCUT2D eigenvalue weighted by atomic mass is 10.0. The van der Waals surface area contributed by atoms with Gasteiger partial charge in [-0.15, -0.1) is 0 Å². The van der Waals surface area contributed by atoms with Crippen molar-refractivity contribution in [3.8, 4) is 0 Å². The van der Waals surface area contributed by atoms with Crippen LogP contribution in [-0.2, 0) is 0 Å². The van der Waals surface area contributed by atoms with Crippen LogP contribution in [0.4, 0.5) is 5.69 Å². The number of aromatic nitrogens is 3. The number of rotatable bonds is 4. The second-order valence-electron chi connectivity index (χ2n) is 5.94. The Morgan fingerprint density at radius 2 is 2.14 bits per heavy atom. The molecule has 0 aliphatic carbocycles. The Balaban J connectivity index is 1.39. The highest BCUT2D eigenvalue weighted by molar-refractivity contribution is 5.84. The van der Waals surface area contributed by atoms with Crippen LogP contribution in [0.5, 0.6) is 0 Å². The molecule has 0 spiro atoms. The van der Waals surface area contributed by atoms with Crippen molar-refractivity contribution in [1.29, 1.82) is 0 Å². The molecule has 1 aliphatic heterocycles. The Bertz CT molecular complexity index is 762. The molecule has 3 aromatic rings. The number of aromatic amines is 1. The second kappa shape index (κ2) is 5.42. The summed E-state index contributed by atoms with van der Waals surface area (Å²) in [6, 6.07) is 9.42. The third-order valence-corrected chi connectivity index (χ3v) is 4.47. The first-order valence-electron chi connectivity index (χ1n) is 7.62. The standard InChI is InChI=1S/C17H19N5/c1-12(15-8-19-20-9-15)22-10-17(11-22)21-16-3-2-14-7-18-5-4-13(14)6-16/h2-9,12,17,21H,10-11H2,1H3,(H,19,20). The van der Waals surface area contributed by atoms with E-state index in [4.69, 9.17) is 0 Å². The van der Waals surface area contributed by atoms with Crippen LogP contribution in [0.15, 0.2) is 49.1 Å². The molecule has 5 nitrogen and oxygen atoms in total. The molecule has 0 bridgehead atoms. The van der Waals surface area contributed by atoms with Crippen molar-refractivity contribution in [2.45, 2.75) is 19.0 Å². The van der Waals surface area contributed by atoms with Crippen LogP contribution in [-0.4, -0.2) is 39.2 Å². The molecule has 2 N–H and O–H groups in total. The quantitative estimate of drug-likeness (QED) is 0.776. The number of hydrogen-bond acceptors (Lipinski definition) is 4. The smallest absolute Gasteiger partial charge is 0.0535 e. The third kappa shape index (κ3) is 2.44. The molecule has 1 atom stereocenters. The molecular formula is C17H19N5. The van der Waals surface area contributed by atoms with Gasteiger partial charge < -0.3 is 5.32 Å². The molecule has 1 aliphatic rings. The summed E-state index contributed by atoms with van der Waals surface area (Å²) >= 11 is 0. The first-order chi connectivity index (χ1) is 10.8. The number of fused-ring (bicyclic) bond motifs is 1. The van der Waals surface area contributed by atoms with Crippen LogP contribution in [0.25, 0.3) is 10.8 Å². The van der Waals surface area contributed by atoms with Gasteiger partial charge in [0.1, 0.15) is 0 Å². The van der Waals surface area contributed by atoms with Crippen molar-refractivity contribution in [1.82, 2.24) is 20.1 Å². The molecule has 1 saturated heterocycles. The van der Waals surface area contributed by atoms with E-state index >= 15 is 0 Å². The van der Waals surface area contributed by atoms with E-state index < -0.39 is 0 Å². The lowest BCUT2D eigenvalue weighted by Gasteiger charge is -2.43. The van der Waals surface area contributed by atoms with Gasteiger partial charge in [0.05, 0.1) is 12.2 Å². The zero-order valence-corrected chi connectivity index (χ0v) is 12.5. The van der Waals surface area contributed by atoms with Crippen molar-refractivity contribution in [3.63, 3.8) is 0 Å². The molecular weight excluding hydrogens is 274 g/mol. The summed E-state index contributed by atoms with van der Waals surface area (Å²) in [5, 5.41) is 12.9. The van der Waals surface area contributed by atoms with E-state index in [1.807, 2.05) is 24.8 Å². The highest BCUT2D eigenvalue weighted by atomic mass is 15.3. The van der Waals surface area contributed by atoms with Crippen LogP contribution >= 0.6 is 0 Å². The third-order valence-electron chi connectivity index (χ3n) is 4.47. The summed E-state index contributed by atoms with van der Waals surface area (Å²) in [5.41, 5.74) is 2.43. The molecule has 2 aromatic heterocycles. The van der Waals surface area contributed by atoms with Crippen molar-refractivity contribution in [3.05, 3.63) is 54.6 Å². The van der Waals surface area contributed by atoms with Gasteiger partial charge in [0, 0.05) is 54.4 Å². The first kappa shape index (κ1) is 13.3. The average molecular weight is 293 g/mol. The van der Waals surface area contributed by atoms with Crippen LogP contribution < -0.4 is 5.32 Å². The predicted molar refractivity (Wildman–Crippen MR) is 87.7 cm³/mol. The van der Waals surface area contributed by atoms with Gasteiger partial charge in [-0.3, -0.25) is 15.0 Å². The number of nitrogens with zero attached hydrogens (tertiary/aromatic N) is 3. The fraction of sp³-hybridized carbons (Fsp3) is 0.294. The number of anilines is 1. The maximum atomic E-state index is 4.15. The van der Waals surface area contributed by atoms with Gasteiger partial charge in [-0.2, -0.15) is 5.10 Å². The van der Waals surface area contributed by atoms with E-state index in [1.54, 1.807) is 0 Å². The van der Waals surface area contributed by atoms with Crippen LogP contribution in [0.1, 0.15) is 18.5 Å². The normalized spacial score (nSPS) is 17.3. The number of nitrogens with one attached hydrogen (secondary N) is 2. The molecule has 5 heteroatoms. The zero-order chi connectivity index (χ0) is 14.9. The van der Waals surface area contributed by atoms with E-state index in [-0.39, 0.29) is 0 Å². The average Bonchev–Trinajstić information content (AvgIpc) is 3.04. The Hall–Kier alpha value is -2.40. The maximum Gasteiger partial charge on any atom is 0.0535 e. The van der Waals surface area contributed by atoms with Gasteiger partial charge in [-0.1, -0.05) is 6.07 Å². The van der Waals surface area contributed by atoms with E-state index in [0.717, 1.165) is 13.1 Å². The number of pyridine rings is 1. The zero-order valence-electron chi connectivity index (χ0n) is 12.5. The van der Waals surface area contributed by atoms with Crippen molar-refractivity contribution < 1.29 is 0 Å². The summed E-state index contributed by atoms with van der Waals surface area (Å²) in [4.78, 5) is 6.60. The summed E-state index contributed by atoms with van der Waals surface area (Å²) < 4.78 is 0. The Morgan fingerprint density at radius 3 is 2.95 bits per heavy atom. The minimum absolute atomic E-state index is 0.416. The molecule has 4 rings (SSSR count). The van der Waals surface area contributed by atoms with Crippen molar-refractivity contribution in [2.24, 2.45) is 0 Å². The van der Waals surface area contributed by atoms with E-state index in [0.29, 0.717) is 12.1 Å². The summed E-state index contributed by atoms with van der Waals surface area (Å²) in [6.45, 7) is 4.34. The molecule has 1 fully saturated rings. The monoisotopic (exact) mass is 293 g/mol. The summed E-state index contributed by atoms with van der Waals surface area (Å²) in [6.07, 6.45) is 7.62. The number of benzene rings is 1. The highest BCUT2D eigenvalue weighted by Gasteiger charge is 2.31. The SMILES string of the molecule is CC(c1cn[nH]c1)N1CC(Nc2ccc3cnccc3c2)C1. The molecule has 0 radical (unpaired) electrons. The van der Waals surface area contributed by atoms with E-state index in [9.17, 15) is 0 Å². The number of hydrogen-bond donors (Lipinski definition) is 2. The number of likely N-dealkylation sites (tertiary alicyclic amines) is 1. The van der Waals surface area contributed by atoms with Crippen molar-refractivity contribution in [2.75, 3.05) is 18.4 Å². The number of H-pyrrole nitrogens is 1. The van der Waals surface area contributed by atoms with E-state index in [2.05, 4.69) is 56.6 Å². The van der Waals surface area contributed by atoms with Crippen LogP contribution in [0, 0.1) is 0 Å².